The molecule has 0 saturated carbocycles. The van der Waals surface area contributed by atoms with Crippen LogP contribution in [0, 0.1) is 0 Å². The van der Waals surface area contributed by atoms with Gasteiger partial charge in [-0.2, -0.15) is 0 Å². The molecule has 0 aliphatic heterocycles. The molecule has 0 spiro atoms. The van der Waals surface area contributed by atoms with Crippen LogP contribution in [0.1, 0.15) is 18.5 Å². The average molecular weight is 310 g/mol. The maximum absolute atomic E-state index is 12.0. The van der Waals surface area contributed by atoms with E-state index in [0.717, 1.165) is 17.0 Å². The topological polar surface area (TPSA) is 50.4 Å². The van der Waals surface area contributed by atoms with E-state index in [1.165, 1.54) is 0 Å². The Balaban J connectivity index is 1.79. The van der Waals surface area contributed by atoms with Gasteiger partial charge in [0.1, 0.15) is 12.4 Å². The molecule has 0 aliphatic rings. The third-order valence-electron chi connectivity index (χ3n) is 3.37. The molecule has 1 atom stereocenters. The largest absolute Gasteiger partial charge is 0.490 e. The molecule has 2 aromatic rings. The van der Waals surface area contributed by atoms with E-state index in [1.807, 2.05) is 61.5 Å². The third kappa shape index (κ3) is 5.60. The van der Waals surface area contributed by atoms with E-state index in [2.05, 4.69) is 17.2 Å². The molecule has 0 saturated heterocycles. The lowest BCUT2D eigenvalue weighted by Gasteiger charge is -2.14. The summed E-state index contributed by atoms with van der Waals surface area (Å²) in [6, 6.07) is 17.4. The van der Waals surface area contributed by atoms with Crippen molar-refractivity contribution in [1.29, 1.82) is 0 Å². The van der Waals surface area contributed by atoms with Gasteiger partial charge in [-0.15, -0.1) is 0 Å². The molecule has 2 aromatic carbocycles. The minimum absolute atomic E-state index is 0.0764. The van der Waals surface area contributed by atoms with E-state index < -0.39 is 0 Å². The zero-order valence-corrected chi connectivity index (χ0v) is 13.3. The maximum atomic E-state index is 12.0. The van der Waals surface area contributed by atoms with Crippen molar-refractivity contribution in [2.75, 3.05) is 18.5 Å². The van der Waals surface area contributed by atoms with Crippen LogP contribution in [-0.2, 0) is 4.79 Å². The monoisotopic (exact) mass is 310 g/mol. The highest BCUT2D eigenvalue weighted by Crippen LogP contribution is 2.16. The Morgan fingerprint density at radius 2 is 1.87 bits per heavy atom. The summed E-state index contributed by atoms with van der Waals surface area (Å²) in [6.45, 7) is 6.36. The number of anilines is 1. The fraction of sp³-hybridized carbons (Fsp3) is 0.211. The van der Waals surface area contributed by atoms with Crippen molar-refractivity contribution in [2.45, 2.75) is 13.0 Å². The van der Waals surface area contributed by atoms with Gasteiger partial charge in [0.05, 0.1) is 6.54 Å². The second kappa shape index (κ2) is 8.76. The number of carbonyl (C=O) groups is 1. The fourth-order valence-electron chi connectivity index (χ4n) is 2.10. The summed E-state index contributed by atoms with van der Waals surface area (Å²) in [5, 5.41) is 6.07. The van der Waals surface area contributed by atoms with Gasteiger partial charge in [0.15, 0.2) is 0 Å². The molecule has 2 N–H and O–H groups in total. The Morgan fingerprint density at radius 3 is 2.52 bits per heavy atom. The van der Waals surface area contributed by atoms with Gasteiger partial charge in [0.2, 0.25) is 5.91 Å². The lowest BCUT2D eigenvalue weighted by Crippen LogP contribution is -2.30. The number of rotatable bonds is 8. The Morgan fingerprint density at radius 1 is 1.17 bits per heavy atom. The molecular weight excluding hydrogens is 288 g/mol. The number of ether oxygens (including phenoxy) is 1. The van der Waals surface area contributed by atoms with E-state index in [9.17, 15) is 4.79 Å². The van der Waals surface area contributed by atoms with Crippen LogP contribution in [0.3, 0.4) is 0 Å². The standard InChI is InChI=1S/C19H22N2O2/c1-3-13-23-18-11-9-17(10-12-18)21-19(22)14-20-15(2)16-7-5-4-6-8-16/h3-12,15,20H,1,13-14H2,2H3,(H,21,22). The minimum Gasteiger partial charge on any atom is -0.490 e. The summed E-state index contributed by atoms with van der Waals surface area (Å²) in [4.78, 5) is 12.0. The van der Waals surface area contributed by atoms with Crippen LogP contribution in [0.2, 0.25) is 0 Å². The number of carbonyl (C=O) groups excluding carboxylic acids is 1. The average Bonchev–Trinajstić information content (AvgIpc) is 2.60. The Kier molecular flexibility index (Phi) is 6.39. The molecule has 120 valence electrons. The smallest absolute Gasteiger partial charge is 0.238 e. The van der Waals surface area contributed by atoms with E-state index >= 15 is 0 Å². The Labute approximate surface area is 137 Å². The lowest BCUT2D eigenvalue weighted by molar-refractivity contribution is -0.115. The molecule has 4 heteroatoms. The van der Waals surface area contributed by atoms with Gasteiger partial charge < -0.3 is 15.4 Å². The molecule has 0 aliphatic carbocycles. The quantitative estimate of drug-likeness (QED) is 0.733. The minimum atomic E-state index is -0.0764. The summed E-state index contributed by atoms with van der Waals surface area (Å²) >= 11 is 0. The third-order valence-corrected chi connectivity index (χ3v) is 3.37. The normalized spacial score (nSPS) is 11.5. The van der Waals surface area contributed by atoms with Crippen molar-refractivity contribution in [3.8, 4) is 5.75 Å². The van der Waals surface area contributed by atoms with E-state index in [-0.39, 0.29) is 18.5 Å². The molecule has 0 bridgehead atoms. The van der Waals surface area contributed by atoms with Gasteiger partial charge in [0, 0.05) is 11.7 Å². The van der Waals surface area contributed by atoms with Gasteiger partial charge >= 0.3 is 0 Å². The summed E-state index contributed by atoms with van der Waals surface area (Å²) in [5.74, 6) is 0.672. The first-order chi connectivity index (χ1) is 11.2. The van der Waals surface area contributed by atoms with Crippen LogP contribution in [-0.4, -0.2) is 19.1 Å². The van der Waals surface area contributed by atoms with Crippen molar-refractivity contribution in [3.05, 3.63) is 72.8 Å². The number of amides is 1. The van der Waals surface area contributed by atoms with Crippen molar-refractivity contribution in [2.24, 2.45) is 0 Å². The van der Waals surface area contributed by atoms with Crippen molar-refractivity contribution >= 4 is 11.6 Å². The summed E-state index contributed by atoms with van der Waals surface area (Å²) in [7, 11) is 0. The van der Waals surface area contributed by atoms with Gasteiger partial charge in [0.25, 0.3) is 0 Å². The molecule has 0 heterocycles. The van der Waals surface area contributed by atoms with Crippen LogP contribution in [0.5, 0.6) is 5.75 Å². The summed E-state index contributed by atoms with van der Waals surface area (Å²) < 4.78 is 5.40. The maximum Gasteiger partial charge on any atom is 0.238 e. The summed E-state index contributed by atoms with van der Waals surface area (Å²) in [5.41, 5.74) is 1.90. The predicted octanol–water partition coefficient (Wildman–Crippen LogP) is 3.54. The highest BCUT2D eigenvalue weighted by molar-refractivity contribution is 5.92. The molecule has 1 amide bonds. The van der Waals surface area contributed by atoms with Gasteiger partial charge in [-0.3, -0.25) is 4.79 Å². The van der Waals surface area contributed by atoms with Crippen LogP contribution < -0.4 is 15.4 Å². The molecule has 23 heavy (non-hydrogen) atoms. The fourth-order valence-corrected chi connectivity index (χ4v) is 2.10. The number of hydrogen-bond acceptors (Lipinski definition) is 3. The zero-order chi connectivity index (χ0) is 16.5. The molecule has 0 fully saturated rings. The van der Waals surface area contributed by atoms with Crippen LogP contribution >= 0.6 is 0 Å². The van der Waals surface area contributed by atoms with Crippen LogP contribution in [0.25, 0.3) is 0 Å². The number of benzene rings is 2. The highest BCUT2D eigenvalue weighted by Gasteiger charge is 2.07. The molecule has 1 unspecified atom stereocenters. The van der Waals surface area contributed by atoms with E-state index in [1.54, 1.807) is 6.08 Å². The van der Waals surface area contributed by atoms with Crippen LogP contribution in [0.4, 0.5) is 5.69 Å². The number of nitrogens with one attached hydrogen (secondary N) is 2. The van der Waals surface area contributed by atoms with Crippen molar-refractivity contribution < 1.29 is 9.53 Å². The van der Waals surface area contributed by atoms with Crippen molar-refractivity contribution in [3.63, 3.8) is 0 Å². The molecule has 0 aromatic heterocycles. The first-order valence-corrected chi connectivity index (χ1v) is 7.61. The van der Waals surface area contributed by atoms with Gasteiger partial charge in [-0.25, -0.2) is 0 Å². The Bertz CT molecular complexity index is 624. The van der Waals surface area contributed by atoms with E-state index in [4.69, 9.17) is 4.74 Å². The van der Waals surface area contributed by atoms with Gasteiger partial charge in [-0.05, 0) is 36.8 Å². The first kappa shape index (κ1) is 16.8. The first-order valence-electron chi connectivity index (χ1n) is 7.61. The predicted molar refractivity (Wildman–Crippen MR) is 93.6 cm³/mol. The molecular formula is C19H22N2O2. The molecule has 2 rings (SSSR count). The van der Waals surface area contributed by atoms with Gasteiger partial charge in [-0.1, -0.05) is 43.0 Å². The van der Waals surface area contributed by atoms with Crippen molar-refractivity contribution in [1.82, 2.24) is 5.32 Å². The molecule has 0 radical (unpaired) electrons. The second-order valence-corrected chi connectivity index (χ2v) is 5.19. The second-order valence-electron chi connectivity index (χ2n) is 5.19. The lowest BCUT2D eigenvalue weighted by atomic mass is 10.1. The SMILES string of the molecule is C=CCOc1ccc(NC(=O)CNC(C)c2ccccc2)cc1. The molecule has 4 nitrogen and oxygen atoms in total. The summed E-state index contributed by atoms with van der Waals surface area (Å²) in [6.07, 6.45) is 1.69. The van der Waals surface area contributed by atoms with E-state index in [0.29, 0.717) is 6.61 Å². The van der Waals surface area contributed by atoms with Crippen LogP contribution in [0.15, 0.2) is 67.3 Å². The number of hydrogen-bond donors (Lipinski definition) is 2. The highest BCUT2D eigenvalue weighted by atomic mass is 16.5. The zero-order valence-electron chi connectivity index (χ0n) is 13.3. The Hall–Kier alpha value is -2.59.